The van der Waals surface area contributed by atoms with Crippen molar-refractivity contribution in [1.82, 2.24) is 24.8 Å². The number of carboxylic acid groups (broad SMARTS) is 1. The Balaban J connectivity index is 1.62. The van der Waals surface area contributed by atoms with Gasteiger partial charge in [0, 0.05) is 13.1 Å². The van der Waals surface area contributed by atoms with Gasteiger partial charge in [-0.3, -0.25) is 4.57 Å². The number of hydrogen-bond acceptors (Lipinski definition) is 7. The van der Waals surface area contributed by atoms with Crippen molar-refractivity contribution in [3.05, 3.63) is 45.4 Å². The van der Waals surface area contributed by atoms with Gasteiger partial charge < -0.3 is 25.9 Å². The number of nitrogen functional groups attached to an aromatic ring is 1. The average Bonchev–Trinajstić information content (AvgIpc) is 3.05. The van der Waals surface area contributed by atoms with Crippen LogP contribution in [0.25, 0.3) is 11.2 Å². The van der Waals surface area contributed by atoms with Gasteiger partial charge in [0.2, 0.25) is 0 Å². The van der Waals surface area contributed by atoms with Crippen LogP contribution in [0.4, 0.5) is 5.82 Å². The summed E-state index contributed by atoms with van der Waals surface area (Å²) in [4.78, 5) is 34.8. The molecular formula is C21H28N6O4. The van der Waals surface area contributed by atoms with Crippen molar-refractivity contribution in [3.63, 3.8) is 0 Å². The zero-order chi connectivity index (χ0) is 22.4. The molecule has 1 aromatic carbocycles. The molecule has 10 nitrogen and oxygen atoms in total. The van der Waals surface area contributed by atoms with Crippen LogP contribution in [0.1, 0.15) is 47.7 Å². The third-order valence-electron chi connectivity index (χ3n) is 5.09. The quantitative estimate of drug-likeness (QED) is 0.339. The maximum Gasteiger partial charge on any atom is 0.335 e. The van der Waals surface area contributed by atoms with E-state index in [1.165, 1.54) is 4.57 Å². The van der Waals surface area contributed by atoms with Crippen LogP contribution in [0, 0.1) is 6.92 Å². The van der Waals surface area contributed by atoms with Crippen LogP contribution < -0.4 is 21.5 Å². The minimum absolute atomic E-state index is 0.165. The van der Waals surface area contributed by atoms with Crippen LogP contribution in [-0.2, 0) is 13.1 Å². The number of H-pyrrole nitrogens is 1. The molecule has 0 aliphatic heterocycles. The fraction of sp³-hybridized carbons (Fsp3) is 0.429. The standard InChI is InChI=1S/C21H28N6O4/c1-3-4-11-31-20-25-17(22)16-18(26-20)27(21(30)24-16)10-6-9-23-12-14-7-5-8-15(13(14)2)19(28)29/h5,7-8,23H,3-4,6,9-12H2,1-2H3,(H,24,30)(H,28,29)(H2,22,25,26). The number of nitrogens with two attached hydrogens (primary N) is 1. The van der Waals surface area contributed by atoms with Gasteiger partial charge >= 0.3 is 17.7 Å². The van der Waals surface area contributed by atoms with E-state index < -0.39 is 5.97 Å². The van der Waals surface area contributed by atoms with E-state index in [-0.39, 0.29) is 17.5 Å². The Morgan fingerprint density at radius 2 is 2.13 bits per heavy atom. The summed E-state index contributed by atoms with van der Waals surface area (Å²) in [6.07, 6.45) is 2.53. The van der Waals surface area contributed by atoms with E-state index in [4.69, 9.17) is 10.5 Å². The number of imidazole rings is 1. The summed E-state index contributed by atoms with van der Waals surface area (Å²) in [5.74, 6) is -0.753. The molecule has 3 aromatic rings. The molecule has 5 N–H and O–H groups in total. The second-order valence-electron chi connectivity index (χ2n) is 7.30. The molecule has 0 unspecified atom stereocenters. The van der Waals surface area contributed by atoms with Gasteiger partial charge in [0.25, 0.3) is 0 Å². The van der Waals surface area contributed by atoms with Gasteiger partial charge in [-0.1, -0.05) is 25.5 Å². The van der Waals surface area contributed by atoms with E-state index in [1.807, 2.05) is 6.07 Å². The lowest BCUT2D eigenvalue weighted by Gasteiger charge is -2.10. The van der Waals surface area contributed by atoms with Gasteiger partial charge in [-0.2, -0.15) is 9.97 Å². The topological polar surface area (TPSA) is 148 Å². The Bertz CT molecular complexity index is 1120. The Labute approximate surface area is 179 Å². The summed E-state index contributed by atoms with van der Waals surface area (Å²) < 4.78 is 7.07. The third kappa shape index (κ3) is 5.21. The molecule has 0 aliphatic carbocycles. The summed E-state index contributed by atoms with van der Waals surface area (Å²) >= 11 is 0. The number of nitrogens with one attached hydrogen (secondary N) is 2. The van der Waals surface area contributed by atoms with Crippen molar-refractivity contribution in [2.24, 2.45) is 0 Å². The molecule has 0 saturated heterocycles. The normalized spacial score (nSPS) is 11.2. The zero-order valence-electron chi connectivity index (χ0n) is 17.8. The number of unbranched alkanes of at least 4 members (excludes halogenated alkanes) is 1. The minimum Gasteiger partial charge on any atom is -0.478 e. The first kappa shape index (κ1) is 22.3. The molecular weight excluding hydrogens is 400 g/mol. The number of benzene rings is 1. The number of aromatic nitrogens is 4. The smallest absolute Gasteiger partial charge is 0.335 e. The van der Waals surface area contributed by atoms with Crippen LogP contribution in [0.15, 0.2) is 23.0 Å². The van der Waals surface area contributed by atoms with E-state index >= 15 is 0 Å². The second-order valence-corrected chi connectivity index (χ2v) is 7.30. The average molecular weight is 428 g/mol. The number of nitrogens with zero attached hydrogens (tertiary/aromatic N) is 3. The molecule has 0 atom stereocenters. The van der Waals surface area contributed by atoms with Gasteiger partial charge in [-0.15, -0.1) is 0 Å². The highest BCUT2D eigenvalue weighted by atomic mass is 16.5. The van der Waals surface area contributed by atoms with Crippen LogP contribution in [-0.4, -0.2) is 43.7 Å². The van der Waals surface area contributed by atoms with Crippen LogP contribution in [0.5, 0.6) is 6.01 Å². The Morgan fingerprint density at radius 3 is 2.87 bits per heavy atom. The maximum absolute atomic E-state index is 12.4. The molecule has 0 saturated carbocycles. The number of rotatable bonds is 11. The third-order valence-corrected chi connectivity index (χ3v) is 5.09. The summed E-state index contributed by atoms with van der Waals surface area (Å²) in [7, 11) is 0. The highest BCUT2D eigenvalue weighted by Gasteiger charge is 2.14. The van der Waals surface area contributed by atoms with E-state index in [9.17, 15) is 14.7 Å². The monoisotopic (exact) mass is 428 g/mol. The Morgan fingerprint density at radius 1 is 1.32 bits per heavy atom. The highest BCUT2D eigenvalue weighted by molar-refractivity contribution is 5.89. The molecule has 2 heterocycles. The lowest BCUT2D eigenvalue weighted by atomic mass is 10.0. The fourth-order valence-corrected chi connectivity index (χ4v) is 3.30. The zero-order valence-corrected chi connectivity index (χ0v) is 17.8. The van der Waals surface area contributed by atoms with Crippen molar-refractivity contribution in [1.29, 1.82) is 0 Å². The molecule has 0 spiro atoms. The summed E-state index contributed by atoms with van der Waals surface area (Å²) in [6.45, 7) is 5.96. The van der Waals surface area contributed by atoms with Crippen molar-refractivity contribution in [2.75, 3.05) is 18.9 Å². The highest BCUT2D eigenvalue weighted by Crippen LogP contribution is 2.18. The molecule has 10 heteroatoms. The van der Waals surface area contributed by atoms with Crippen LogP contribution in [0.2, 0.25) is 0 Å². The van der Waals surface area contributed by atoms with Crippen LogP contribution in [0.3, 0.4) is 0 Å². The second kappa shape index (κ2) is 10.1. The number of ether oxygens (including phenoxy) is 1. The van der Waals surface area contributed by atoms with E-state index in [1.54, 1.807) is 19.1 Å². The molecule has 2 aromatic heterocycles. The van der Waals surface area contributed by atoms with Crippen molar-refractivity contribution < 1.29 is 14.6 Å². The first-order valence-electron chi connectivity index (χ1n) is 10.3. The predicted octanol–water partition coefficient (Wildman–Crippen LogP) is 2.07. The van der Waals surface area contributed by atoms with Crippen molar-refractivity contribution in [3.8, 4) is 6.01 Å². The lowest BCUT2D eigenvalue weighted by Crippen LogP contribution is -2.22. The van der Waals surface area contributed by atoms with E-state index in [0.29, 0.717) is 49.4 Å². The number of anilines is 1. The molecule has 31 heavy (non-hydrogen) atoms. The molecule has 3 rings (SSSR count). The van der Waals surface area contributed by atoms with Gasteiger partial charge in [0.05, 0.1) is 12.2 Å². The molecule has 0 amide bonds. The van der Waals surface area contributed by atoms with Gasteiger partial charge in [0.15, 0.2) is 11.5 Å². The number of carboxylic acids is 1. The Hall–Kier alpha value is -3.40. The number of aromatic amines is 1. The molecule has 0 fully saturated rings. The lowest BCUT2D eigenvalue weighted by molar-refractivity contribution is 0.0696. The predicted molar refractivity (Wildman–Crippen MR) is 117 cm³/mol. The Kier molecular flexibility index (Phi) is 7.24. The number of fused-ring (bicyclic) bond motifs is 1. The molecule has 166 valence electrons. The maximum atomic E-state index is 12.4. The molecule has 0 bridgehead atoms. The molecule has 0 aliphatic rings. The minimum atomic E-state index is -0.933. The largest absolute Gasteiger partial charge is 0.478 e. The summed E-state index contributed by atoms with van der Waals surface area (Å²) in [6, 6.07) is 5.40. The first-order chi connectivity index (χ1) is 14.9. The number of aromatic carboxylic acids is 1. The van der Waals surface area contributed by atoms with Gasteiger partial charge in [0.1, 0.15) is 5.52 Å². The van der Waals surface area contributed by atoms with Gasteiger partial charge in [-0.05, 0) is 43.5 Å². The van der Waals surface area contributed by atoms with Crippen molar-refractivity contribution >= 4 is 23.0 Å². The van der Waals surface area contributed by atoms with Crippen LogP contribution >= 0.6 is 0 Å². The van der Waals surface area contributed by atoms with Gasteiger partial charge in [-0.25, -0.2) is 9.59 Å². The summed E-state index contributed by atoms with van der Waals surface area (Å²) in [5, 5.41) is 12.5. The van der Waals surface area contributed by atoms with E-state index in [2.05, 4.69) is 27.2 Å². The summed E-state index contributed by atoms with van der Waals surface area (Å²) in [5.41, 5.74) is 8.48. The number of hydrogen-bond donors (Lipinski definition) is 4. The molecule has 0 radical (unpaired) electrons. The number of aryl methyl sites for hydroxylation is 1. The fourth-order valence-electron chi connectivity index (χ4n) is 3.30. The number of carbonyl (C=O) groups is 1. The SMILES string of the molecule is CCCCOc1nc(N)c2[nH]c(=O)n(CCCNCc3cccc(C(=O)O)c3C)c2n1. The van der Waals surface area contributed by atoms with Crippen molar-refractivity contribution in [2.45, 2.75) is 46.2 Å². The van der Waals surface area contributed by atoms with E-state index in [0.717, 1.165) is 24.0 Å². The first-order valence-corrected chi connectivity index (χ1v) is 10.3.